The molecule has 0 amide bonds. The van der Waals surface area contributed by atoms with Crippen molar-refractivity contribution in [3.05, 3.63) is 38.9 Å². The number of hydrogen-bond donors (Lipinski definition) is 2. The van der Waals surface area contributed by atoms with E-state index in [0.29, 0.717) is 5.69 Å². The molecule has 6 heteroatoms. The third kappa shape index (κ3) is 3.01. The van der Waals surface area contributed by atoms with E-state index in [0.717, 1.165) is 31.8 Å². The van der Waals surface area contributed by atoms with Gasteiger partial charge in [0.2, 0.25) is 0 Å². The van der Waals surface area contributed by atoms with Crippen LogP contribution in [0.4, 0.5) is 17.2 Å². The molecule has 0 saturated carbocycles. The van der Waals surface area contributed by atoms with Crippen LogP contribution in [0.5, 0.6) is 5.75 Å². The number of benzene rings is 1. The van der Waals surface area contributed by atoms with Gasteiger partial charge < -0.3 is 15.8 Å². The first-order valence-electron chi connectivity index (χ1n) is 5.54. The first-order chi connectivity index (χ1) is 9.02. The summed E-state index contributed by atoms with van der Waals surface area (Å²) >= 11 is 6.94. The maximum absolute atomic E-state index is 5.80. The van der Waals surface area contributed by atoms with Crippen molar-refractivity contribution < 1.29 is 4.74 Å². The molecule has 0 radical (unpaired) electrons. The molecule has 0 atom stereocenters. The maximum Gasteiger partial charge on any atom is 0.145 e. The average molecular weight is 387 g/mol. The van der Waals surface area contributed by atoms with Crippen LogP contribution in [0.1, 0.15) is 5.56 Å². The number of nitrogen functional groups attached to an aromatic ring is 1. The molecule has 0 aliphatic heterocycles. The Morgan fingerprint density at radius 3 is 2.68 bits per heavy atom. The van der Waals surface area contributed by atoms with Gasteiger partial charge in [-0.25, -0.2) is 4.98 Å². The van der Waals surface area contributed by atoms with Crippen molar-refractivity contribution in [2.75, 3.05) is 18.2 Å². The fraction of sp³-hybridized carbons (Fsp3) is 0.154. The van der Waals surface area contributed by atoms with Gasteiger partial charge in [0.05, 0.1) is 27.9 Å². The van der Waals surface area contributed by atoms with Crippen molar-refractivity contribution in [1.82, 2.24) is 4.98 Å². The van der Waals surface area contributed by atoms with Crippen molar-refractivity contribution in [1.29, 1.82) is 0 Å². The van der Waals surface area contributed by atoms with Crippen LogP contribution in [0.3, 0.4) is 0 Å². The summed E-state index contributed by atoms with van der Waals surface area (Å²) in [5.41, 5.74) is 8.33. The highest BCUT2D eigenvalue weighted by atomic mass is 79.9. The molecule has 0 unspecified atom stereocenters. The number of nitrogens with zero attached hydrogens (tertiary/aromatic N) is 1. The molecule has 0 bridgehead atoms. The van der Waals surface area contributed by atoms with Crippen LogP contribution >= 0.6 is 31.9 Å². The van der Waals surface area contributed by atoms with E-state index in [-0.39, 0.29) is 0 Å². The number of hydrogen-bond acceptors (Lipinski definition) is 4. The molecule has 0 saturated heterocycles. The van der Waals surface area contributed by atoms with Crippen LogP contribution < -0.4 is 15.8 Å². The van der Waals surface area contributed by atoms with E-state index in [1.807, 2.05) is 25.1 Å². The number of anilines is 3. The van der Waals surface area contributed by atoms with Crippen LogP contribution in [0.15, 0.2) is 33.3 Å². The summed E-state index contributed by atoms with van der Waals surface area (Å²) in [6, 6.07) is 5.73. The molecule has 3 N–H and O–H groups in total. The van der Waals surface area contributed by atoms with E-state index in [2.05, 4.69) is 42.2 Å². The Bertz CT molecular complexity index is 617. The van der Waals surface area contributed by atoms with Crippen molar-refractivity contribution >= 4 is 49.1 Å². The molecule has 1 heterocycles. The molecule has 2 rings (SSSR count). The number of nitrogens with two attached hydrogens (primary N) is 1. The number of ether oxygens (including phenoxy) is 1. The molecule has 1 aromatic heterocycles. The summed E-state index contributed by atoms with van der Waals surface area (Å²) < 4.78 is 6.93. The van der Waals surface area contributed by atoms with Crippen LogP contribution in [-0.4, -0.2) is 12.1 Å². The van der Waals surface area contributed by atoms with Crippen molar-refractivity contribution in [2.45, 2.75) is 6.92 Å². The van der Waals surface area contributed by atoms with Gasteiger partial charge in [-0.15, -0.1) is 0 Å². The van der Waals surface area contributed by atoms with E-state index < -0.39 is 0 Å². The van der Waals surface area contributed by atoms with Crippen LogP contribution in [0.2, 0.25) is 0 Å². The zero-order valence-electron chi connectivity index (χ0n) is 10.5. The lowest BCUT2D eigenvalue weighted by molar-refractivity contribution is 0.412. The fourth-order valence-electron chi connectivity index (χ4n) is 1.56. The van der Waals surface area contributed by atoms with Gasteiger partial charge in [-0.05, 0) is 62.5 Å². The number of aromatic nitrogens is 1. The number of pyridine rings is 1. The molecule has 2 aromatic rings. The molecule has 1 aromatic carbocycles. The maximum atomic E-state index is 5.80. The quantitative estimate of drug-likeness (QED) is 0.827. The van der Waals surface area contributed by atoms with Gasteiger partial charge in [0, 0.05) is 5.69 Å². The lowest BCUT2D eigenvalue weighted by Gasteiger charge is -2.12. The van der Waals surface area contributed by atoms with Gasteiger partial charge in [-0.2, -0.15) is 0 Å². The summed E-state index contributed by atoms with van der Waals surface area (Å²) in [7, 11) is 1.63. The second-order valence-electron chi connectivity index (χ2n) is 3.98. The molecule has 0 spiro atoms. The van der Waals surface area contributed by atoms with Gasteiger partial charge >= 0.3 is 0 Å². The molecular formula is C13H13Br2N3O. The Morgan fingerprint density at radius 2 is 2.05 bits per heavy atom. The molecule has 100 valence electrons. The Kier molecular flexibility index (Phi) is 4.31. The smallest absolute Gasteiger partial charge is 0.145 e. The standard InChI is InChI=1S/C13H13Br2N3O/c1-7-10(16)6-17-13(12(7)15)18-8-3-4-11(19-2)9(14)5-8/h3-6H,16H2,1-2H3,(H,17,18). The largest absolute Gasteiger partial charge is 0.496 e. The zero-order chi connectivity index (χ0) is 14.0. The minimum atomic E-state index is 0.660. The van der Waals surface area contributed by atoms with E-state index in [9.17, 15) is 0 Å². The Hall–Kier alpha value is -1.27. The molecule has 0 fully saturated rings. The fourth-order valence-corrected chi connectivity index (χ4v) is 2.53. The van der Waals surface area contributed by atoms with Crippen LogP contribution in [0, 0.1) is 6.92 Å². The Morgan fingerprint density at radius 1 is 1.32 bits per heavy atom. The first-order valence-corrected chi connectivity index (χ1v) is 7.12. The Labute approximate surface area is 128 Å². The molecule has 0 aliphatic rings. The van der Waals surface area contributed by atoms with E-state index in [1.54, 1.807) is 13.3 Å². The number of halogens is 2. The average Bonchev–Trinajstić information content (AvgIpc) is 2.40. The van der Waals surface area contributed by atoms with Crippen molar-refractivity contribution in [3.8, 4) is 5.75 Å². The normalized spacial score (nSPS) is 10.3. The zero-order valence-corrected chi connectivity index (χ0v) is 13.7. The van der Waals surface area contributed by atoms with Gasteiger partial charge in [-0.3, -0.25) is 0 Å². The Balaban J connectivity index is 2.31. The highest BCUT2D eigenvalue weighted by Crippen LogP contribution is 2.32. The minimum absolute atomic E-state index is 0.660. The summed E-state index contributed by atoms with van der Waals surface area (Å²) in [5.74, 6) is 1.51. The van der Waals surface area contributed by atoms with Gasteiger partial charge in [0.15, 0.2) is 0 Å². The van der Waals surface area contributed by atoms with Gasteiger partial charge in [0.1, 0.15) is 11.6 Å². The first kappa shape index (κ1) is 14.1. The predicted molar refractivity (Wildman–Crippen MR) is 85.1 cm³/mol. The highest BCUT2D eigenvalue weighted by Gasteiger charge is 2.08. The monoisotopic (exact) mass is 385 g/mol. The third-order valence-corrected chi connectivity index (χ3v) is 4.31. The number of methoxy groups -OCH3 is 1. The second kappa shape index (κ2) is 5.79. The lowest BCUT2D eigenvalue weighted by Crippen LogP contribution is -1.99. The predicted octanol–water partition coefficient (Wildman–Crippen LogP) is 4.25. The summed E-state index contributed by atoms with van der Waals surface area (Å²) in [6.45, 7) is 1.94. The molecule has 0 aliphatic carbocycles. The highest BCUT2D eigenvalue weighted by molar-refractivity contribution is 9.11. The van der Waals surface area contributed by atoms with Gasteiger partial charge in [-0.1, -0.05) is 0 Å². The third-order valence-electron chi connectivity index (χ3n) is 2.72. The van der Waals surface area contributed by atoms with E-state index in [4.69, 9.17) is 10.5 Å². The van der Waals surface area contributed by atoms with Gasteiger partial charge in [0.25, 0.3) is 0 Å². The summed E-state index contributed by atoms with van der Waals surface area (Å²) in [5, 5.41) is 3.23. The SMILES string of the molecule is COc1ccc(Nc2ncc(N)c(C)c2Br)cc1Br. The lowest BCUT2D eigenvalue weighted by atomic mass is 10.2. The van der Waals surface area contributed by atoms with E-state index >= 15 is 0 Å². The molecule has 4 nitrogen and oxygen atoms in total. The van der Waals surface area contributed by atoms with Crippen LogP contribution in [0.25, 0.3) is 0 Å². The van der Waals surface area contributed by atoms with Crippen molar-refractivity contribution in [3.63, 3.8) is 0 Å². The number of nitrogens with one attached hydrogen (secondary N) is 1. The molecular weight excluding hydrogens is 374 g/mol. The summed E-state index contributed by atoms with van der Waals surface area (Å²) in [6.07, 6.45) is 1.64. The minimum Gasteiger partial charge on any atom is -0.496 e. The molecule has 19 heavy (non-hydrogen) atoms. The summed E-state index contributed by atoms with van der Waals surface area (Å²) in [4.78, 5) is 4.28. The number of rotatable bonds is 3. The van der Waals surface area contributed by atoms with Crippen LogP contribution in [-0.2, 0) is 0 Å². The second-order valence-corrected chi connectivity index (χ2v) is 5.62. The topological polar surface area (TPSA) is 60.2 Å². The van der Waals surface area contributed by atoms with Crippen molar-refractivity contribution in [2.24, 2.45) is 0 Å². The van der Waals surface area contributed by atoms with E-state index in [1.165, 1.54) is 0 Å².